The second kappa shape index (κ2) is 10.4. The largest absolute Gasteiger partial charge is 0.494 e. The number of methoxy groups -OCH3 is 1. The van der Waals surface area contributed by atoms with Gasteiger partial charge in [-0.3, -0.25) is 15.0 Å². The van der Waals surface area contributed by atoms with Crippen LogP contribution in [0.3, 0.4) is 0 Å². The molecule has 2 aliphatic heterocycles. The van der Waals surface area contributed by atoms with Crippen LogP contribution in [0.2, 0.25) is 0 Å². The predicted octanol–water partition coefficient (Wildman–Crippen LogP) is 4.38. The molecule has 0 saturated carbocycles. The van der Waals surface area contributed by atoms with Gasteiger partial charge in [0.25, 0.3) is 5.91 Å². The quantitative estimate of drug-likeness (QED) is 0.516. The van der Waals surface area contributed by atoms with Crippen molar-refractivity contribution in [3.05, 3.63) is 52.1 Å². The van der Waals surface area contributed by atoms with Gasteiger partial charge in [0.05, 0.1) is 31.5 Å². The van der Waals surface area contributed by atoms with E-state index in [1.807, 2.05) is 25.1 Å². The van der Waals surface area contributed by atoms with Crippen LogP contribution in [0.5, 0.6) is 11.5 Å². The molecule has 0 aromatic heterocycles. The number of anilines is 1. The molecule has 8 heteroatoms. The third-order valence-electron chi connectivity index (χ3n) is 7.09. The molecule has 198 valence electrons. The molecule has 1 amide bonds. The van der Waals surface area contributed by atoms with E-state index in [4.69, 9.17) is 14.9 Å². The maximum Gasteiger partial charge on any atom is 0.254 e. The van der Waals surface area contributed by atoms with E-state index >= 15 is 0 Å². The van der Waals surface area contributed by atoms with E-state index in [1.54, 1.807) is 25.1 Å². The maximum atomic E-state index is 13.6. The van der Waals surface area contributed by atoms with Crippen LogP contribution in [0, 0.1) is 5.41 Å². The first-order valence-electron chi connectivity index (χ1n) is 12.9. The molecule has 2 aromatic carbocycles. The Morgan fingerprint density at radius 3 is 2.41 bits per heavy atom. The number of nitrogens with zero attached hydrogens (tertiary/aromatic N) is 2. The number of fused-ring (bicyclic) bond motifs is 1. The molecule has 0 aliphatic carbocycles. The lowest BCUT2D eigenvalue weighted by atomic mass is 9.84. The van der Waals surface area contributed by atoms with Crippen molar-refractivity contribution in [3.63, 3.8) is 0 Å². The third kappa shape index (κ3) is 5.15. The van der Waals surface area contributed by atoms with Crippen molar-refractivity contribution in [2.24, 2.45) is 0 Å². The van der Waals surface area contributed by atoms with Gasteiger partial charge in [-0.25, -0.2) is 0 Å². The summed E-state index contributed by atoms with van der Waals surface area (Å²) in [6.45, 7) is 11.0. The minimum atomic E-state index is -0.268. The van der Waals surface area contributed by atoms with Gasteiger partial charge in [-0.1, -0.05) is 20.8 Å². The fourth-order valence-corrected chi connectivity index (χ4v) is 5.15. The Balaban J connectivity index is 1.65. The number of hydrogen-bond donors (Lipinski definition) is 2. The molecule has 1 saturated heterocycles. The molecule has 2 aliphatic rings. The Morgan fingerprint density at radius 1 is 1.11 bits per heavy atom. The number of hydrogen-bond acceptors (Lipinski definition) is 6. The standard InChI is InChI=1S/C29H38N4O4/c1-7-37-25-14-19-16-33(27(30)20(19)15-21(25)28(35)31-5)17-24(34)18-12-22(29(2,3)4)26(36-6)23(13-18)32-10-8-9-11-32/h12-15,30H,7-11,16-17H2,1-6H3,(H,31,35). The molecule has 8 nitrogen and oxygen atoms in total. The average Bonchev–Trinajstić information content (AvgIpc) is 3.50. The van der Waals surface area contributed by atoms with Crippen LogP contribution in [0.25, 0.3) is 0 Å². The van der Waals surface area contributed by atoms with Crippen LogP contribution in [0.4, 0.5) is 5.69 Å². The van der Waals surface area contributed by atoms with E-state index in [9.17, 15) is 9.59 Å². The first-order chi connectivity index (χ1) is 17.6. The summed E-state index contributed by atoms with van der Waals surface area (Å²) in [6.07, 6.45) is 2.24. The van der Waals surface area contributed by atoms with Crippen molar-refractivity contribution < 1.29 is 19.1 Å². The highest BCUT2D eigenvalue weighted by Gasteiger charge is 2.31. The lowest BCUT2D eigenvalue weighted by Crippen LogP contribution is -2.31. The summed E-state index contributed by atoms with van der Waals surface area (Å²) in [5.74, 6) is 1.24. The van der Waals surface area contributed by atoms with Gasteiger partial charge in [-0.15, -0.1) is 0 Å². The second-order valence-corrected chi connectivity index (χ2v) is 10.7. The van der Waals surface area contributed by atoms with E-state index in [-0.39, 0.29) is 29.5 Å². The molecule has 2 heterocycles. The summed E-state index contributed by atoms with van der Waals surface area (Å²) in [4.78, 5) is 30.1. The number of carbonyl (C=O) groups is 2. The van der Waals surface area contributed by atoms with Gasteiger partial charge in [0.1, 0.15) is 17.3 Å². The first-order valence-corrected chi connectivity index (χ1v) is 12.9. The number of ketones is 1. The van der Waals surface area contributed by atoms with E-state index < -0.39 is 0 Å². The van der Waals surface area contributed by atoms with Gasteiger partial charge in [-0.2, -0.15) is 0 Å². The molecule has 0 spiro atoms. The first kappa shape index (κ1) is 26.5. The van der Waals surface area contributed by atoms with Gasteiger partial charge in [0, 0.05) is 43.4 Å². The number of benzene rings is 2. The van der Waals surface area contributed by atoms with Crippen molar-refractivity contribution in [1.82, 2.24) is 10.2 Å². The van der Waals surface area contributed by atoms with Gasteiger partial charge in [0.15, 0.2) is 5.78 Å². The molecule has 0 unspecified atom stereocenters. The number of carbonyl (C=O) groups excluding carboxylic acids is 2. The van der Waals surface area contributed by atoms with E-state index in [0.29, 0.717) is 35.6 Å². The summed E-state index contributed by atoms with van der Waals surface area (Å²) < 4.78 is 11.6. The predicted molar refractivity (Wildman–Crippen MR) is 146 cm³/mol. The highest BCUT2D eigenvalue weighted by Crippen LogP contribution is 2.41. The van der Waals surface area contributed by atoms with E-state index in [0.717, 1.165) is 48.5 Å². The summed E-state index contributed by atoms with van der Waals surface area (Å²) >= 11 is 0. The average molecular weight is 507 g/mol. The highest BCUT2D eigenvalue weighted by molar-refractivity contribution is 6.08. The Hall–Kier alpha value is -3.55. The molecule has 0 bridgehead atoms. The van der Waals surface area contributed by atoms with Crippen LogP contribution >= 0.6 is 0 Å². The Bertz CT molecular complexity index is 1230. The zero-order valence-corrected chi connectivity index (χ0v) is 22.8. The second-order valence-electron chi connectivity index (χ2n) is 10.7. The fraction of sp³-hybridized carbons (Fsp3) is 0.483. The van der Waals surface area contributed by atoms with Crippen LogP contribution in [0.15, 0.2) is 24.3 Å². The summed E-state index contributed by atoms with van der Waals surface area (Å²) in [7, 11) is 3.26. The Kier molecular flexibility index (Phi) is 7.48. The molecule has 0 atom stereocenters. The molecule has 2 N–H and O–H groups in total. The van der Waals surface area contributed by atoms with Crippen LogP contribution in [-0.4, -0.2) is 62.8 Å². The van der Waals surface area contributed by atoms with Gasteiger partial charge in [0.2, 0.25) is 0 Å². The number of Topliss-reactive ketones (excluding diaryl/α,β-unsaturated/α-hetero) is 1. The monoisotopic (exact) mass is 506 g/mol. The molecular weight excluding hydrogens is 468 g/mol. The van der Waals surface area contributed by atoms with Crippen molar-refractivity contribution in [3.8, 4) is 11.5 Å². The van der Waals surface area contributed by atoms with Gasteiger partial charge < -0.3 is 24.6 Å². The molecular formula is C29H38N4O4. The number of rotatable bonds is 8. The number of ether oxygens (including phenoxy) is 2. The molecule has 2 aromatic rings. The molecule has 1 fully saturated rings. The van der Waals surface area contributed by atoms with Crippen LogP contribution < -0.4 is 19.7 Å². The third-order valence-corrected chi connectivity index (χ3v) is 7.09. The summed E-state index contributed by atoms with van der Waals surface area (Å²) in [6, 6.07) is 7.41. The molecule has 4 rings (SSSR count). The lowest BCUT2D eigenvalue weighted by molar-refractivity contribution is 0.0953. The number of nitrogens with one attached hydrogen (secondary N) is 2. The Morgan fingerprint density at radius 2 is 1.81 bits per heavy atom. The zero-order chi connectivity index (χ0) is 26.9. The van der Waals surface area contributed by atoms with Gasteiger partial charge in [-0.05, 0) is 55.0 Å². The number of amides is 1. The van der Waals surface area contributed by atoms with Crippen molar-refractivity contribution in [1.29, 1.82) is 5.41 Å². The Labute approximate surface area is 219 Å². The maximum absolute atomic E-state index is 13.6. The summed E-state index contributed by atoms with van der Waals surface area (Å²) in [5, 5.41) is 11.4. The SMILES string of the molecule is CCOc1cc2c(cc1C(=O)NC)C(=N)N(CC(=O)c1cc(N3CCCC3)c(OC)c(C(C)(C)C)c1)C2. The van der Waals surface area contributed by atoms with E-state index in [2.05, 4.69) is 31.0 Å². The minimum absolute atomic E-state index is 0.0530. The fourth-order valence-electron chi connectivity index (χ4n) is 5.15. The zero-order valence-electron chi connectivity index (χ0n) is 22.8. The van der Waals surface area contributed by atoms with Crippen molar-refractivity contribution >= 4 is 23.2 Å². The lowest BCUT2D eigenvalue weighted by Gasteiger charge is -2.29. The topological polar surface area (TPSA) is 95.0 Å². The van der Waals surface area contributed by atoms with Crippen LogP contribution in [0.1, 0.15) is 77.9 Å². The van der Waals surface area contributed by atoms with Crippen molar-refractivity contribution in [2.75, 3.05) is 45.3 Å². The molecule has 0 radical (unpaired) electrons. The van der Waals surface area contributed by atoms with Crippen LogP contribution in [-0.2, 0) is 12.0 Å². The summed E-state index contributed by atoms with van der Waals surface area (Å²) in [5.41, 5.74) is 4.29. The smallest absolute Gasteiger partial charge is 0.254 e. The minimum Gasteiger partial charge on any atom is -0.494 e. The van der Waals surface area contributed by atoms with Gasteiger partial charge >= 0.3 is 0 Å². The van der Waals surface area contributed by atoms with Crippen molar-refractivity contribution in [2.45, 2.75) is 52.5 Å². The normalized spacial score (nSPS) is 15.1. The molecule has 37 heavy (non-hydrogen) atoms. The van der Waals surface area contributed by atoms with E-state index in [1.165, 1.54) is 0 Å². The number of amidine groups is 1. The highest BCUT2D eigenvalue weighted by atomic mass is 16.5.